The van der Waals surface area contributed by atoms with Crippen LogP contribution >= 0.6 is 0 Å². The molecule has 0 aliphatic carbocycles. The van der Waals surface area contributed by atoms with E-state index < -0.39 is 0 Å². The number of ether oxygens (including phenoxy) is 2. The molecule has 0 bridgehead atoms. The Morgan fingerprint density at radius 2 is 1.84 bits per heavy atom. The van der Waals surface area contributed by atoms with Crippen molar-refractivity contribution in [2.24, 2.45) is 0 Å². The molecule has 4 rings (SSSR count). The van der Waals surface area contributed by atoms with E-state index in [0.717, 1.165) is 37.5 Å². The molecule has 0 aromatic carbocycles. The number of hydrogen-bond donors (Lipinski definition) is 0. The van der Waals surface area contributed by atoms with Crippen molar-refractivity contribution in [1.82, 2.24) is 14.6 Å². The second-order valence-electron chi connectivity index (χ2n) is 5.02. The largest absolute Gasteiger partial charge is 0.347 e. The van der Waals surface area contributed by atoms with E-state index in [1.165, 1.54) is 0 Å². The molecule has 2 aliphatic rings. The summed E-state index contributed by atoms with van der Waals surface area (Å²) in [5, 5.41) is 8.48. The SMILES string of the molecule is c1ccn2c(N3CCC4(CC3)OCCO4)nnc2c1. The Kier molecular flexibility index (Phi) is 2.46. The highest BCUT2D eigenvalue weighted by Gasteiger charge is 2.40. The molecule has 2 aliphatic heterocycles. The van der Waals surface area contributed by atoms with E-state index in [4.69, 9.17) is 9.47 Å². The number of rotatable bonds is 1. The van der Waals surface area contributed by atoms with Gasteiger partial charge in [-0.05, 0) is 12.1 Å². The number of fused-ring (bicyclic) bond motifs is 1. The van der Waals surface area contributed by atoms with Crippen LogP contribution in [0.1, 0.15) is 12.8 Å². The number of piperidine rings is 1. The van der Waals surface area contributed by atoms with Crippen molar-refractivity contribution in [2.45, 2.75) is 18.6 Å². The van der Waals surface area contributed by atoms with Crippen molar-refractivity contribution >= 4 is 11.6 Å². The predicted octanol–water partition coefficient (Wildman–Crippen LogP) is 1.07. The van der Waals surface area contributed by atoms with E-state index in [0.29, 0.717) is 13.2 Å². The molecule has 19 heavy (non-hydrogen) atoms. The number of nitrogens with zero attached hydrogens (tertiary/aromatic N) is 4. The second-order valence-corrected chi connectivity index (χ2v) is 5.02. The monoisotopic (exact) mass is 260 g/mol. The maximum absolute atomic E-state index is 5.74. The number of hydrogen-bond acceptors (Lipinski definition) is 5. The minimum Gasteiger partial charge on any atom is -0.347 e. The third kappa shape index (κ3) is 1.79. The smallest absolute Gasteiger partial charge is 0.231 e. The predicted molar refractivity (Wildman–Crippen MR) is 69.1 cm³/mol. The molecule has 4 heterocycles. The Hall–Kier alpha value is -1.66. The normalized spacial score (nSPS) is 22.4. The molecule has 2 fully saturated rings. The van der Waals surface area contributed by atoms with E-state index in [2.05, 4.69) is 15.1 Å². The Bertz CT molecular complexity index is 581. The summed E-state index contributed by atoms with van der Waals surface area (Å²) in [6, 6.07) is 5.93. The fourth-order valence-corrected chi connectivity index (χ4v) is 2.88. The lowest BCUT2D eigenvalue weighted by atomic mass is 10.0. The third-order valence-corrected chi connectivity index (χ3v) is 3.92. The summed E-state index contributed by atoms with van der Waals surface area (Å²) in [5.41, 5.74) is 0.881. The molecule has 0 amide bonds. The van der Waals surface area contributed by atoms with Crippen LogP contribution < -0.4 is 4.90 Å². The van der Waals surface area contributed by atoms with Gasteiger partial charge in [0.15, 0.2) is 11.4 Å². The maximum atomic E-state index is 5.74. The van der Waals surface area contributed by atoms with Crippen LogP contribution in [0.5, 0.6) is 0 Å². The summed E-state index contributed by atoms with van der Waals surface area (Å²) in [6.07, 6.45) is 3.76. The Morgan fingerprint density at radius 1 is 1.05 bits per heavy atom. The Labute approximate surface area is 110 Å². The highest BCUT2D eigenvalue weighted by molar-refractivity contribution is 5.46. The average Bonchev–Trinajstić information content (AvgIpc) is 3.08. The Morgan fingerprint density at radius 3 is 2.63 bits per heavy atom. The molecule has 0 N–H and O–H groups in total. The minimum absolute atomic E-state index is 0.336. The molecule has 2 aromatic rings. The molecule has 2 saturated heterocycles. The fraction of sp³-hybridized carbons (Fsp3) is 0.538. The second kappa shape index (κ2) is 4.18. The van der Waals surface area contributed by atoms with E-state index in [-0.39, 0.29) is 5.79 Å². The third-order valence-electron chi connectivity index (χ3n) is 3.92. The number of anilines is 1. The summed E-state index contributed by atoms with van der Waals surface area (Å²) in [6.45, 7) is 3.20. The van der Waals surface area contributed by atoms with Gasteiger partial charge in [-0.1, -0.05) is 6.07 Å². The van der Waals surface area contributed by atoms with Gasteiger partial charge in [-0.3, -0.25) is 4.40 Å². The molecule has 0 radical (unpaired) electrons. The summed E-state index contributed by atoms with van der Waals surface area (Å²) >= 11 is 0. The highest BCUT2D eigenvalue weighted by Crippen LogP contribution is 2.32. The first-order valence-electron chi connectivity index (χ1n) is 6.69. The van der Waals surface area contributed by atoms with Crippen LogP contribution in [-0.4, -0.2) is 46.7 Å². The van der Waals surface area contributed by atoms with E-state index >= 15 is 0 Å². The van der Waals surface area contributed by atoms with Crippen LogP contribution in [-0.2, 0) is 9.47 Å². The maximum Gasteiger partial charge on any atom is 0.231 e. The standard InChI is InChI=1S/C13H16N4O2/c1-2-6-17-11(3-1)14-15-12(17)16-7-4-13(5-8-16)18-9-10-19-13/h1-3,6H,4-5,7-10H2. The van der Waals surface area contributed by atoms with Gasteiger partial charge in [0.05, 0.1) is 13.2 Å². The van der Waals surface area contributed by atoms with Gasteiger partial charge >= 0.3 is 0 Å². The van der Waals surface area contributed by atoms with Crippen LogP contribution in [0.4, 0.5) is 5.95 Å². The molecule has 6 nitrogen and oxygen atoms in total. The lowest BCUT2D eigenvalue weighted by Gasteiger charge is -2.37. The summed E-state index contributed by atoms with van der Waals surface area (Å²) in [4.78, 5) is 2.25. The van der Waals surface area contributed by atoms with Gasteiger partial charge in [0, 0.05) is 32.1 Å². The van der Waals surface area contributed by atoms with Gasteiger partial charge in [-0.15, -0.1) is 10.2 Å². The molecule has 6 heteroatoms. The van der Waals surface area contributed by atoms with Crippen LogP contribution in [0.15, 0.2) is 24.4 Å². The van der Waals surface area contributed by atoms with E-state index in [1.54, 1.807) is 0 Å². The quantitative estimate of drug-likeness (QED) is 0.767. The van der Waals surface area contributed by atoms with E-state index in [1.807, 2.05) is 28.8 Å². The fourth-order valence-electron chi connectivity index (χ4n) is 2.88. The first-order valence-corrected chi connectivity index (χ1v) is 6.69. The summed E-state index contributed by atoms with van der Waals surface area (Å²) in [5.74, 6) is 0.570. The molecule has 0 unspecified atom stereocenters. The molecule has 100 valence electrons. The zero-order valence-electron chi connectivity index (χ0n) is 10.7. The molecule has 2 aromatic heterocycles. The molecular formula is C13H16N4O2. The van der Waals surface area contributed by atoms with Crippen molar-refractivity contribution in [2.75, 3.05) is 31.2 Å². The first kappa shape index (κ1) is 11.2. The van der Waals surface area contributed by atoms with Gasteiger partial charge < -0.3 is 14.4 Å². The number of aromatic nitrogens is 3. The van der Waals surface area contributed by atoms with Crippen molar-refractivity contribution in [3.63, 3.8) is 0 Å². The molecule has 0 atom stereocenters. The zero-order valence-corrected chi connectivity index (χ0v) is 10.7. The first-order chi connectivity index (χ1) is 9.36. The van der Waals surface area contributed by atoms with Gasteiger partial charge in [0.2, 0.25) is 5.95 Å². The minimum atomic E-state index is -0.336. The zero-order chi connectivity index (χ0) is 12.7. The Balaban J connectivity index is 1.58. The van der Waals surface area contributed by atoms with Crippen LogP contribution in [0.2, 0.25) is 0 Å². The van der Waals surface area contributed by atoms with Crippen molar-refractivity contribution < 1.29 is 9.47 Å². The van der Waals surface area contributed by atoms with Crippen molar-refractivity contribution in [3.8, 4) is 0 Å². The number of pyridine rings is 1. The van der Waals surface area contributed by atoms with Gasteiger partial charge in [-0.2, -0.15) is 0 Å². The van der Waals surface area contributed by atoms with Crippen LogP contribution in [0.3, 0.4) is 0 Å². The highest BCUT2D eigenvalue weighted by atomic mass is 16.7. The van der Waals surface area contributed by atoms with E-state index in [9.17, 15) is 0 Å². The molecule has 1 spiro atoms. The lowest BCUT2D eigenvalue weighted by Crippen LogP contribution is -2.45. The lowest BCUT2D eigenvalue weighted by molar-refractivity contribution is -0.169. The summed E-state index contributed by atoms with van der Waals surface area (Å²) in [7, 11) is 0. The van der Waals surface area contributed by atoms with Crippen LogP contribution in [0, 0.1) is 0 Å². The average molecular weight is 260 g/mol. The summed E-state index contributed by atoms with van der Waals surface area (Å²) < 4.78 is 13.5. The molecule has 0 saturated carbocycles. The van der Waals surface area contributed by atoms with Crippen molar-refractivity contribution in [3.05, 3.63) is 24.4 Å². The van der Waals surface area contributed by atoms with Crippen molar-refractivity contribution in [1.29, 1.82) is 0 Å². The van der Waals surface area contributed by atoms with Gasteiger partial charge in [0.1, 0.15) is 0 Å². The van der Waals surface area contributed by atoms with Gasteiger partial charge in [-0.25, -0.2) is 0 Å². The van der Waals surface area contributed by atoms with Gasteiger partial charge in [0.25, 0.3) is 0 Å². The van der Waals surface area contributed by atoms with Crippen LogP contribution in [0.25, 0.3) is 5.65 Å². The topological polar surface area (TPSA) is 51.9 Å². The molecular weight excluding hydrogens is 244 g/mol.